The molecule has 1 N–H and O–H groups in total. The monoisotopic (exact) mass is 377 g/mol. The van der Waals surface area contributed by atoms with Gasteiger partial charge in [0.1, 0.15) is 0 Å². The Balaban J connectivity index is 1.73. The van der Waals surface area contributed by atoms with E-state index < -0.39 is 35.4 Å². The van der Waals surface area contributed by atoms with Crippen molar-refractivity contribution in [1.29, 1.82) is 0 Å². The predicted molar refractivity (Wildman–Crippen MR) is 90.8 cm³/mol. The maximum Gasteiger partial charge on any atom is 0.375 e. The first-order valence-corrected chi connectivity index (χ1v) is 7.92. The molecule has 8 heteroatoms. The van der Waals surface area contributed by atoms with Gasteiger partial charge in [-0.2, -0.15) is 0 Å². The Kier molecular flexibility index (Phi) is 4.89. The van der Waals surface area contributed by atoms with Gasteiger partial charge >= 0.3 is 5.97 Å². The Morgan fingerprint density at radius 3 is 2.48 bits per heavy atom. The van der Waals surface area contributed by atoms with E-state index >= 15 is 0 Å². The highest BCUT2D eigenvalue weighted by molar-refractivity contribution is 5.99. The van der Waals surface area contributed by atoms with E-state index in [9.17, 15) is 22.8 Å². The maximum absolute atomic E-state index is 13.8. The third kappa shape index (κ3) is 3.64. The summed E-state index contributed by atoms with van der Waals surface area (Å²) >= 11 is 0. The number of para-hydroxylation sites is 1. The molecule has 0 saturated heterocycles. The Labute approximate surface area is 151 Å². The SMILES string of the molecule is Cc1c(C(=O)O[C@@H](C)C(=O)Nc2ccc(F)c(F)c2)oc2c(F)cccc12. The molecule has 0 fully saturated rings. The summed E-state index contributed by atoms with van der Waals surface area (Å²) in [5.74, 6) is -4.73. The topological polar surface area (TPSA) is 68.5 Å². The first kappa shape index (κ1) is 18.5. The number of anilines is 1. The van der Waals surface area contributed by atoms with Crippen LogP contribution in [0.25, 0.3) is 11.0 Å². The second kappa shape index (κ2) is 7.14. The molecule has 0 bridgehead atoms. The number of furan rings is 1. The lowest BCUT2D eigenvalue weighted by Crippen LogP contribution is -2.30. The third-order valence-electron chi connectivity index (χ3n) is 3.94. The molecule has 0 aliphatic carbocycles. The van der Waals surface area contributed by atoms with Gasteiger partial charge in [0.2, 0.25) is 5.76 Å². The lowest BCUT2D eigenvalue weighted by atomic mass is 10.1. The molecular weight excluding hydrogens is 363 g/mol. The van der Waals surface area contributed by atoms with Crippen LogP contribution in [0, 0.1) is 24.4 Å². The van der Waals surface area contributed by atoms with E-state index in [1.54, 1.807) is 13.0 Å². The van der Waals surface area contributed by atoms with E-state index in [0.717, 1.165) is 18.2 Å². The van der Waals surface area contributed by atoms with Gasteiger partial charge in [-0.05, 0) is 32.0 Å². The van der Waals surface area contributed by atoms with Crippen LogP contribution in [-0.4, -0.2) is 18.0 Å². The van der Waals surface area contributed by atoms with Gasteiger partial charge in [0, 0.05) is 22.7 Å². The standard InChI is InChI=1S/C19H14F3NO4/c1-9-12-4-3-5-14(21)17(12)27-16(9)19(25)26-10(2)18(24)23-11-6-7-13(20)15(22)8-11/h3-8,10H,1-2H3,(H,23,24)/t10-/m0/s1. The Bertz CT molecular complexity index is 1040. The zero-order valence-corrected chi connectivity index (χ0v) is 14.3. The lowest BCUT2D eigenvalue weighted by Gasteiger charge is -2.13. The lowest BCUT2D eigenvalue weighted by molar-refractivity contribution is -0.123. The molecule has 1 amide bonds. The number of fused-ring (bicyclic) bond motifs is 1. The van der Waals surface area contributed by atoms with Gasteiger partial charge in [0.15, 0.2) is 29.1 Å². The van der Waals surface area contributed by atoms with Crippen molar-refractivity contribution in [2.75, 3.05) is 5.32 Å². The normalized spacial score (nSPS) is 12.0. The van der Waals surface area contributed by atoms with E-state index in [-0.39, 0.29) is 17.0 Å². The van der Waals surface area contributed by atoms with Crippen molar-refractivity contribution >= 4 is 28.5 Å². The van der Waals surface area contributed by atoms with Crippen LogP contribution in [0.5, 0.6) is 0 Å². The molecular formula is C19H14F3NO4. The Morgan fingerprint density at radius 1 is 1.07 bits per heavy atom. The van der Waals surface area contributed by atoms with Crippen LogP contribution in [0.2, 0.25) is 0 Å². The smallest absolute Gasteiger partial charge is 0.375 e. The molecule has 3 aromatic rings. The third-order valence-corrected chi connectivity index (χ3v) is 3.94. The van der Waals surface area contributed by atoms with Crippen molar-refractivity contribution in [3.05, 3.63) is 65.2 Å². The van der Waals surface area contributed by atoms with Crippen molar-refractivity contribution in [3.8, 4) is 0 Å². The molecule has 1 heterocycles. The summed E-state index contributed by atoms with van der Waals surface area (Å²) < 4.78 is 50.2. The van der Waals surface area contributed by atoms with Gasteiger partial charge in [0.05, 0.1) is 0 Å². The van der Waals surface area contributed by atoms with Crippen molar-refractivity contribution in [2.45, 2.75) is 20.0 Å². The molecule has 0 aliphatic rings. The summed E-state index contributed by atoms with van der Waals surface area (Å²) in [6.07, 6.45) is -1.26. The zero-order chi connectivity index (χ0) is 19.7. The molecule has 0 unspecified atom stereocenters. The minimum atomic E-state index is -1.26. The Morgan fingerprint density at radius 2 is 1.81 bits per heavy atom. The number of aryl methyl sites for hydroxylation is 1. The first-order valence-electron chi connectivity index (χ1n) is 7.92. The molecule has 0 spiro atoms. The molecule has 0 aliphatic heterocycles. The highest BCUT2D eigenvalue weighted by atomic mass is 19.2. The average molecular weight is 377 g/mol. The maximum atomic E-state index is 13.8. The summed E-state index contributed by atoms with van der Waals surface area (Å²) in [5.41, 5.74) is 0.298. The Hall–Kier alpha value is -3.29. The second-order valence-corrected chi connectivity index (χ2v) is 5.84. The van der Waals surface area contributed by atoms with Gasteiger partial charge in [-0.1, -0.05) is 12.1 Å². The largest absolute Gasteiger partial charge is 0.447 e. The van der Waals surface area contributed by atoms with Crippen LogP contribution >= 0.6 is 0 Å². The van der Waals surface area contributed by atoms with Crippen LogP contribution in [0.3, 0.4) is 0 Å². The van der Waals surface area contributed by atoms with Crippen molar-refractivity contribution < 1.29 is 31.9 Å². The fourth-order valence-corrected chi connectivity index (χ4v) is 2.49. The second-order valence-electron chi connectivity index (χ2n) is 5.84. The van der Waals surface area contributed by atoms with Gasteiger partial charge in [-0.25, -0.2) is 18.0 Å². The van der Waals surface area contributed by atoms with Gasteiger partial charge in [0.25, 0.3) is 5.91 Å². The minimum Gasteiger partial charge on any atom is -0.447 e. The van der Waals surface area contributed by atoms with Gasteiger partial charge < -0.3 is 14.5 Å². The molecule has 27 heavy (non-hydrogen) atoms. The number of carbonyl (C=O) groups is 2. The highest BCUT2D eigenvalue weighted by Gasteiger charge is 2.25. The molecule has 0 saturated carbocycles. The van der Waals surface area contributed by atoms with Crippen LogP contribution in [0.1, 0.15) is 23.0 Å². The molecule has 0 radical (unpaired) electrons. The van der Waals surface area contributed by atoms with E-state index in [1.807, 2.05) is 0 Å². The summed E-state index contributed by atoms with van der Waals surface area (Å²) in [4.78, 5) is 24.4. The summed E-state index contributed by atoms with van der Waals surface area (Å²) in [6, 6.07) is 7.08. The van der Waals surface area contributed by atoms with Gasteiger partial charge in [-0.15, -0.1) is 0 Å². The molecule has 2 aromatic carbocycles. The van der Waals surface area contributed by atoms with E-state index in [1.165, 1.54) is 19.1 Å². The summed E-state index contributed by atoms with van der Waals surface area (Å²) in [5, 5.41) is 2.72. The molecule has 1 aromatic heterocycles. The van der Waals surface area contributed by atoms with Crippen LogP contribution < -0.4 is 5.32 Å². The average Bonchev–Trinajstić information content (AvgIpc) is 2.96. The number of carbonyl (C=O) groups excluding carboxylic acids is 2. The predicted octanol–water partition coefficient (Wildman–Crippen LogP) is 4.34. The highest BCUT2D eigenvalue weighted by Crippen LogP contribution is 2.28. The number of amides is 1. The number of hydrogen-bond donors (Lipinski definition) is 1. The van der Waals surface area contributed by atoms with Crippen LogP contribution in [0.4, 0.5) is 18.9 Å². The quantitative estimate of drug-likeness (QED) is 0.687. The fourth-order valence-electron chi connectivity index (χ4n) is 2.49. The summed E-state index contributed by atoms with van der Waals surface area (Å²) in [7, 11) is 0. The number of hydrogen-bond acceptors (Lipinski definition) is 4. The zero-order valence-electron chi connectivity index (χ0n) is 14.3. The van der Waals surface area contributed by atoms with E-state index in [0.29, 0.717) is 10.9 Å². The van der Waals surface area contributed by atoms with Crippen LogP contribution in [-0.2, 0) is 9.53 Å². The molecule has 1 atom stereocenters. The van der Waals surface area contributed by atoms with Crippen molar-refractivity contribution in [1.82, 2.24) is 0 Å². The van der Waals surface area contributed by atoms with Crippen molar-refractivity contribution in [2.24, 2.45) is 0 Å². The molecule has 140 valence electrons. The fraction of sp³-hybridized carbons (Fsp3) is 0.158. The molecule has 5 nitrogen and oxygen atoms in total. The van der Waals surface area contributed by atoms with Gasteiger partial charge in [-0.3, -0.25) is 4.79 Å². The first-order chi connectivity index (χ1) is 12.8. The number of benzene rings is 2. The number of esters is 1. The van der Waals surface area contributed by atoms with Crippen molar-refractivity contribution in [3.63, 3.8) is 0 Å². The number of nitrogens with one attached hydrogen (secondary N) is 1. The minimum absolute atomic E-state index is 0.00351. The number of rotatable bonds is 4. The number of halogens is 3. The number of ether oxygens (including phenoxy) is 1. The molecule has 3 rings (SSSR count). The van der Waals surface area contributed by atoms with E-state index in [2.05, 4.69) is 5.32 Å². The van der Waals surface area contributed by atoms with E-state index in [4.69, 9.17) is 9.15 Å². The van der Waals surface area contributed by atoms with Crippen LogP contribution in [0.15, 0.2) is 40.8 Å². The summed E-state index contributed by atoms with van der Waals surface area (Å²) in [6.45, 7) is 2.86.